The smallest absolute Gasteiger partial charge is 0.150 e. The van der Waals surface area contributed by atoms with Gasteiger partial charge in [0.15, 0.2) is 0 Å². The van der Waals surface area contributed by atoms with Gasteiger partial charge in [-0.25, -0.2) is 0 Å². The molecule has 0 aliphatic rings. The number of para-hydroxylation sites is 2. The first kappa shape index (κ1) is 13.1. The highest BCUT2D eigenvalue weighted by atomic mass is 16.5. The van der Waals surface area contributed by atoms with Crippen molar-refractivity contribution in [1.82, 2.24) is 0 Å². The van der Waals surface area contributed by atoms with Gasteiger partial charge in [0, 0.05) is 11.8 Å². The molecule has 0 aliphatic carbocycles. The van der Waals surface area contributed by atoms with E-state index < -0.39 is 0 Å². The van der Waals surface area contributed by atoms with Gasteiger partial charge in [0.05, 0.1) is 5.69 Å². The highest BCUT2D eigenvalue weighted by molar-refractivity contribution is 5.70. The first-order valence-corrected chi connectivity index (χ1v) is 6.71. The van der Waals surface area contributed by atoms with Crippen LogP contribution in [-0.4, -0.2) is 0 Å². The molecule has 3 aromatic carbocycles. The van der Waals surface area contributed by atoms with Gasteiger partial charge >= 0.3 is 0 Å². The molecular weight excluding hydrogens is 260 g/mol. The lowest BCUT2D eigenvalue weighted by molar-refractivity contribution is 0.485. The van der Waals surface area contributed by atoms with Crippen LogP contribution in [0.2, 0.25) is 0 Å². The fourth-order valence-corrected chi connectivity index (χ4v) is 2.18. The fraction of sp³-hybridized carbons (Fsp3) is 0. The van der Waals surface area contributed by atoms with Gasteiger partial charge in [-0.05, 0) is 35.4 Å². The molecule has 0 saturated heterocycles. The van der Waals surface area contributed by atoms with Crippen LogP contribution in [0.5, 0.6) is 11.5 Å². The number of hydrogen-bond acceptors (Lipinski definition) is 3. The Hall–Kier alpha value is -2.94. The molecule has 0 bridgehead atoms. The van der Waals surface area contributed by atoms with Gasteiger partial charge in [-0.2, -0.15) is 0 Å². The first-order chi connectivity index (χ1) is 10.2. The summed E-state index contributed by atoms with van der Waals surface area (Å²) in [6.07, 6.45) is 0. The third-order valence-corrected chi connectivity index (χ3v) is 3.18. The molecule has 0 aromatic heterocycles. The van der Waals surface area contributed by atoms with Gasteiger partial charge in [0.25, 0.3) is 0 Å². The van der Waals surface area contributed by atoms with Crippen LogP contribution in [-0.2, 0) is 0 Å². The third-order valence-electron chi connectivity index (χ3n) is 3.18. The van der Waals surface area contributed by atoms with Crippen molar-refractivity contribution < 1.29 is 4.74 Å². The average Bonchev–Trinajstić information content (AvgIpc) is 2.50. The predicted octanol–water partition coefficient (Wildman–Crippen LogP) is 4.31. The minimum absolute atomic E-state index is 0.598. The van der Waals surface area contributed by atoms with Crippen LogP contribution >= 0.6 is 0 Å². The van der Waals surface area contributed by atoms with Gasteiger partial charge in [-0.3, -0.25) is 0 Å². The molecular formula is C18H16N2O. The van der Waals surface area contributed by atoms with E-state index >= 15 is 0 Å². The summed E-state index contributed by atoms with van der Waals surface area (Å²) < 4.78 is 5.85. The number of rotatable bonds is 3. The van der Waals surface area contributed by atoms with Crippen molar-refractivity contribution in [3.8, 4) is 22.6 Å². The van der Waals surface area contributed by atoms with E-state index in [2.05, 4.69) is 0 Å². The number of nitrogen functional groups attached to an aromatic ring is 2. The summed E-state index contributed by atoms with van der Waals surface area (Å²) in [5.74, 6) is 1.30. The van der Waals surface area contributed by atoms with Crippen molar-refractivity contribution in [3.63, 3.8) is 0 Å². The lowest BCUT2D eigenvalue weighted by Crippen LogP contribution is -1.93. The topological polar surface area (TPSA) is 61.3 Å². The first-order valence-electron chi connectivity index (χ1n) is 6.71. The average molecular weight is 276 g/mol. The van der Waals surface area contributed by atoms with Crippen molar-refractivity contribution >= 4 is 11.4 Å². The van der Waals surface area contributed by atoms with Crippen molar-refractivity contribution in [3.05, 3.63) is 72.8 Å². The molecule has 3 aromatic rings. The van der Waals surface area contributed by atoms with Crippen LogP contribution < -0.4 is 16.2 Å². The van der Waals surface area contributed by atoms with E-state index in [1.165, 1.54) is 0 Å². The molecule has 3 rings (SSSR count). The number of ether oxygens (including phenoxy) is 1. The van der Waals surface area contributed by atoms with Crippen LogP contribution in [0.1, 0.15) is 0 Å². The molecule has 4 N–H and O–H groups in total. The minimum atomic E-state index is 0.598. The second-order valence-corrected chi connectivity index (χ2v) is 4.80. The molecule has 0 amide bonds. The number of anilines is 2. The molecule has 0 spiro atoms. The van der Waals surface area contributed by atoms with Gasteiger partial charge in [-0.1, -0.05) is 42.5 Å². The molecule has 0 fully saturated rings. The summed E-state index contributed by atoms with van der Waals surface area (Å²) in [5, 5.41) is 0. The summed E-state index contributed by atoms with van der Waals surface area (Å²) in [6, 6.07) is 23.1. The molecule has 0 radical (unpaired) electrons. The number of benzene rings is 3. The van der Waals surface area contributed by atoms with Gasteiger partial charge < -0.3 is 16.2 Å². The second-order valence-electron chi connectivity index (χ2n) is 4.80. The highest BCUT2D eigenvalue weighted by Gasteiger charge is 2.05. The molecule has 104 valence electrons. The fourth-order valence-electron chi connectivity index (χ4n) is 2.18. The Bertz CT molecular complexity index is 754. The summed E-state index contributed by atoms with van der Waals surface area (Å²) in [6.45, 7) is 0. The van der Waals surface area contributed by atoms with E-state index in [1.54, 1.807) is 12.1 Å². The van der Waals surface area contributed by atoms with Gasteiger partial charge in [0.1, 0.15) is 11.5 Å². The molecule has 21 heavy (non-hydrogen) atoms. The summed E-state index contributed by atoms with van der Waals surface area (Å²) >= 11 is 0. The molecule has 0 saturated carbocycles. The summed E-state index contributed by atoms with van der Waals surface area (Å²) in [7, 11) is 0. The largest absolute Gasteiger partial charge is 0.455 e. The Balaban J connectivity index is 1.97. The molecule has 0 unspecified atom stereocenters. The van der Waals surface area contributed by atoms with Crippen LogP contribution in [0.4, 0.5) is 11.4 Å². The van der Waals surface area contributed by atoms with E-state index in [0.717, 1.165) is 11.1 Å². The Kier molecular flexibility index (Phi) is 3.48. The third kappa shape index (κ3) is 2.98. The Morgan fingerprint density at radius 1 is 0.667 bits per heavy atom. The van der Waals surface area contributed by atoms with E-state index in [4.69, 9.17) is 16.2 Å². The molecule has 0 heterocycles. The van der Waals surface area contributed by atoms with Crippen molar-refractivity contribution in [1.29, 1.82) is 0 Å². The van der Waals surface area contributed by atoms with Crippen molar-refractivity contribution in [2.24, 2.45) is 0 Å². The lowest BCUT2D eigenvalue weighted by atomic mass is 10.0. The highest BCUT2D eigenvalue weighted by Crippen LogP contribution is 2.32. The van der Waals surface area contributed by atoms with E-state index in [1.807, 2.05) is 60.7 Å². The van der Waals surface area contributed by atoms with Crippen LogP contribution in [0.3, 0.4) is 0 Å². The Morgan fingerprint density at radius 2 is 1.38 bits per heavy atom. The normalized spacial score (nSPS) is 10.3. The van der Waals surface area contributed by atoms with Crippen LogP contribution in [0, 0.1) is 0 Å². The predicted molar refractivity (Wildman–Crippen MR) is 87.2 cm³/mol. The molecule has 0 atom stereocenters. The van der Waals surface area contributed by atoms with Gasteiger partial charge in [-0.15, -0.1) is 0 Å². The minimum Gasteiger partial charge on any atom is -0.455 e. The standard InChI is InChI=1S/C18H16N2O/c19-15-10-14(13-6-2-1-3-7-13)11-16(12-15)21-18-9-5-4-8-17(18)20/h1-12H,19-20H2. The van der Waals surface area contributed by atoms with Crippen molar-refractivity contribution in [2.75, 3.05) is 11.5 Å². The maximum absolute atomic E-state index is 5.98. The Morgan fingerprint density at radius 3 is 2.14 bits per heavy atom. The molecule has 0 aliphatic heterocycles. The van der Waals surface area contributed by atoms with E-state index in [0.29, 0.717) is 22.9 Å². The Labute approximate surface area is 123 Å². The van der Waals surface area contributed by atoms with E-state index in [9.17, 15) is 0 Å². The maximum Gasteiger partial charge on any atom is 0.150 e. The second kappa shape index (κ2) is 5.59. The monoisotopic (exact) mass is 276 g/mol. The number of nitrogens with two attached hydrogens (primary N) is 2. The zero-order valence-electron chi connectivity index (χ0n) is 11.5. The summed E-state index contributed by atoms with van der Waals surface area (Å²) in [4.78, 5) is 0. The van der Waals surface area contributed by atoms with E-state index in [-0.39, 0.29) is 0 Å². The SMILES string of the molecule is Nc1cc(Oc2ccccc2N)cc(-c2ccccc2)c1. The maximum atomic E-state index is 5.98. The van der Waals surface area contributed by atoms with Crippen LogP contribution in [0.15, 0.2) is 72.8 Å². The molecule has 3 nitrogen and oxygen atoms in total. The zero-order chi connectivity index (χ0) is 14.7. The zero-order valence-corrected chi connectivity index (χ0v) is 11.5. The lowest BCUT2D eigenvalue weighted by Gasteiger charge is -2.11. The number of hydrogen-bond donors (Lipinski definition) is 2. The molecule has 3 heteroatoms. The quantitative estimate of drug-likeness (QED) is 0.701. The van der Waals surface area contributed by atoms with Crippen molar-refractivity contribution in [2.45, 2.75) is 0 Å². The van der Waals surface area contributed by atoms with Crippen LogP contribution in [0.25, 0.3) is 11.1 Å². The summed E-state index contributed by atoms with van der Waals surface area (Å²) in [5.41, 5.74) is 15.2. The van der Waals surface area contributed by atoms with Gasteiger partial charge in [0.2, 0.25) is 0 Å².